The largest absolute Gasteiger partial charge is 0.481 e. The number of aromatic nitrogens is 4. The molecular weight excluding hydrogens is 843 g/mol. The van der Waals surface area contributed by atoms with Gasteiger partial charge >= 0.3 is 23.5 Å². The average molecular weight is 886 g/mol. The van der Waals surface area contributed by atoms with Crippen LogP contribution in [0.25, 0.3) is 11.2 Å². The Kier molecular flexibility index (Phi) is 15.7. The van der Waals surface area contributed by atoms with Crippen LogP contribution in [0, 0.1) is 12.3 Å². The van der Waals surface area contributed by atoms with Gasteiger partial charge in [-0.3, -0.25) is 32.5 Å². The number of phosphoric ester groups is 3. The number of anilines is 1. The van der Waals surface area contributed by atoms with E-state index >= 15 is 0 Å². The van der Waals surface area contributed by atoms with E-state index in [1.54, 1.807) is 12.1 Å². The van der Waals surface area contributed by atoms with Crippen LogP contribution in [0.1, 0.15) is 42.4 Å². The van der Waals surface area contributed by atoms with E-state index in [0.29, 0.717) is 11.3 Å². The van der Waals surface area contributed by atoms with Crippen molar-refractivity contribution in [2.45, 2.75) is 57.8 Å². The van der Waals surface area contributed by atoms with Crippen LogP contribution in [0.3, 0.4) is 0 Å². The summed E-state index contributed by atoms with van der Waals surface area (Å²) in [6.07, 6.45) is -6.94. The Balaban J connectivity index is 1.23. The fourth-order valence-corrected chi connectivity index (χ4v) is 8.76. The molecule has 2 amide bonds. The number of amides is 2. The zero-order chi connectivity index (χ0) is 42.3. The molecule has 1 aromatic carbocycles. The van der Waals surface area contributed by atoms with Crippen LogP contribution in [0.2, 0.25) is 0 Å². The van der Waals surface area contributed by atoms with E-state index < -0.39 is 84.6 Å². The number of rotatable bonds is 20. The number of hydrogen-bond acceptors (Lipinski definition) is 18. The zero-order valence-electron chi connectivity index (χ0n) is 30.4. The number of thioether (sulfide) groups is 1. The Morgan fingerprint density at radius 3 is 2.40 bits per heavy atom. The van der Waals surface area contributed by atoms with Gasteiger partial charge in [0.1, 0.15) is 36.3 Å². The van der Waals surface area contributed by atoms with Gasteiger partial charge in [-0.15, -0.1) is 0 Å². The first kappa shape index (κ1) is 46.5. The van der Waals surface area contributed by atoms with Gasteiger partial charge in [0.15, 0.2) is 17.7 Å². The van der Waals surface area contributed by atoms with Crippen molar-refractivity contribution in [3.63, 3.8) is 0 Å². The number of aliphatic hydroxyl groups is 2. The van der Waals surface area contributed by atoms with Crippen LogP contribution < -0.4 is 16.4 Å². The normalized spacial score (nSPS) is 21.4. The summed E-state index contributed by atoms with van der Waals surface area (Å²) < 4.78 is 62.1. The number of nitrogens with zero attached hydrogens (tertiary/aromatic N) is 4. The van der Waals surface area contributed by atoms with Crippen LogP contribution >= 0.6 is 35.2 Å². The van der Waals surface area contributed by atoms with Crippen molar-refractivity contribution in [3.8, 4) is 0 Å². The number of imidazole rings is 1. The minimum Gasteiger partial charge on any atom is -0.386 e. The van der Waals surface area contributed by atoms with E-state index in [2.05, 4.69) is 34.4 Å². The lowest BCUT2D eigenvalue weighted by molar-refractivity contribution is -0.137. The second-order valence-electron chi connectivity index (χ2n) is 13.0. The molecule has 0 saturated carbocycles. The summed E-state index contributed by atoms with van der Waals surface area (Å²) >= 11 is 1.04. The smallest absolute Gasteiger partial charge is 0.386 e. The number of benzene rings is 1. The van der Waals surface area contributed by atoms with Gasteiger partial charge < -0.3 is 50.9 Å². The molecule has 3 heterocycles. The molecule has 2 unspecified atom stereocenters. The van der Waals surface area contributed by atoms with Crippen molar-refractivity contribution in [2.75, 3.05) is 37.8 Å². The number of nitrogens with one attached hydrogen (secondary N) is 2. The predicted molar refractivity (Wildman–Crippen MR) is 198 cm³/mol. The topological polar surface area (TPSA) is 364 Å². The fraction of sp³-hybridized carbons (Fsp3) is 0.517. The van der Waals surface area contributed by atoms with Crippen LogP contribution in [0.5, 0.6) is 0 Å². The Hall–Kier alpha value is -3.22. The lowest BCUT2D eigenvalue weighted by atomic mass is 9.87. The van der Waals surface area contributed by atoms with Gasteiger partial charge in [0.25, 0.3) is 0 Å². The van der Waals surface area contributed by atoms with Crippen molar-refractivity contribution < 1.29 is 80.5 Å². The maximum Gasteiger partial charge on any atom is 0.481 e. The molecule has 0 aliphatic carbocycles. The lowest BCUT2D eigenvalue weighted by Crippen LogP contribution is -2.46. The van der Waals surface area contributed by atoms with Gasteiger partial charge in [-0.05, 0) is 12.5 Å². The van der Waals surface area contributed by atoms with Gasteiger partial charge in [-0.25, -0.2) is 28.6 Å². The summed E-state index contributed by atoms with van der Waals surface area (Å²) in [4.78, 5) is 88.1. The van der Waals surface area contributed by atoms with E-state index in [1.165, 1.54) is 13.8 Å². The highest BCUT2D eigenvalue weighted by Crippen LogP contribution is 2.61. The van der Waals surface area contributed by atoms with Crippen LogP contribution in [0.15, 0.2) is 36.9 Å². The molecule has 3 aromatic rings. The molecule has 2 aromatic heterocycles. The second kappa shape index (κ2) is 19.2. The molecule has 10 N–H and O–H groups in total. The summed E-state index contributed by atoms with van der Waals surface area (Å²) in [6, 6.07) is 7.09. The number of carbonyl (C=O) groups excluding carboxylic acids is 3. The number of aliphatic hydroxyl groups excluding tert-OH is 2. The number of ether oxygens (including phenoxy) is 1. The summed E-state index contributed by atoms with van der Waals surface area (Å²) in [7, 11) is -16.4. The maximum atomic E-state index is 12.7. The summed E-state index contributed by atoms with van der Waals surface area (Å²) in [5.41, 5.74) is 5.65. The van der Waals surface area contributed by atoms with Crippen molar-refractivity contribution >= 4 is 69.1 Å². The Bertz CT molecular complexity index is 2070. The Labute approximate surface area is 328 Å². The molecule has 0 radical (unpaired) electrons. The van der Waals surface area contributed by atoms with Gasteiger partial charge in [-0.2, -0.15) is 4.31 Å². The molecule has 4 rings (SSSR count). The van der Waals surface area contributed by atoms with Crippen LogP contribution in [-0.2, 0) is 45.9 Å². The van der Waals surface area contributed by atoms with E-state index in [-0.39, 0.29) is 41.6 Å². The molecule has 28 heteroatoms. The second-order valence-corrected chi connectivity index (χ2v) is 18.3. The summed E-state index contributed by atoms with van der Waals surface area (Å²) in [5, 5.41) is 26.3. The summed E-state index contributed by atoms with van der Waals surface area (Å²) in [5.74, 6) is -1.17. The Morgan fingerprint density at radius 1 is 1.04 bits per heavy atom. The first-order valence-corrected chi connectivity index (χ1v) is 22.1. The molecule has 1 aliphatic heterocycles. The fourth-order valence-electron chi connectivity index (χ4n) is 5.15. The number of phosphoric acid groups is 3. The van der Waals surface area contributed by atoms with Crippen LogP contribution in [-0.4, -0.2) is 123 Å². The predicted octanol–water partition coefficient (Wildman–Crippen LogP) is 0.287. The monoisotopic (exact) mass is 885 g/mol. The number of carbonyl (C=O) groups is 3. The van der Waals surface area contributed by atoms with Gasteiger partial charge in [0.2, 0.25) is 16.9 Å². The first-order valence-electron chi connectivity index (χ1n) is 16.6. The SMILES string of the molecule is Cc1ccccc1C(=O)SCCNC(=O)CCNC(=O)[C@H](O)C(C)(C)COP(=O)(O)OP(=O)(O)OC[C@H]1O[C@@H](n2cnc3c(N)ncnc32)[C@H](O)[C@@H]1OP(=O)(O)O. The van der Waals surface area contributed by atoms with Crippen molar-refractivity contribution in [1.29, 1.82) is 0 Å². The first-order chi connectivity index (χ1) is 26.5. The molecule has 7 atom stereocenters. The molecule has 1 fully saturated rings. The lowest BCUT2D eigenvalue weighted by Gasteiger charge is -2.30. The van der Waals surface area contributed by atoms with E-state index in [9.17, 15) is 57.9 Å². The third-order valence-corrected chi connectivity index (χ3v) is 12.1. The zero-order valence-corrected chi connectivity index (χ0v) is 33.9. The van der Waals surface area contributed by atoms with Gasteiger partial charge in [0.05, 0.1) is 19.5 Å². The number of nitrogen functional groups attached to an aromatic ring is 1. The van der Waals surface area contributed by atoms with Crippen molar-refractivity contribution in [1.82, 2.24) is 30.2 Å². The molecule has 316 valence electrons. The third kappa shape index (κ3) is 13.1. The van der Waals surface area contributed by atoms with Crippen molar-refractivity contribution in [2.24, 2.45) is 5.41 Å². The number of hydrogen-bond donors (Lipinski definition) is 9. The Morgan fingerprint density at radius 2 is 1.72 bits per heavy atom. The number of fused-ring (bicyclic) bond motifs is 1. The highest BCUT2D eigenvalue weighted by atomic mass is 32.2. The average Bonchev–Trinajstić information content (AvgIpc) is 3.68. The molecule has 1 saturated heterocycles. The third-order valence-electron chi connectivity index (χ3n) is 8.10. The number of nitrogens with two attached hydrogens (primary N) is 1. The van der Waals surface area contributed by atoms with Crippen LogP contribution in [0.4, 0.5) is 5.82 Å². The highest BCUT2D eigenvalue weighted by Gasteiger charge is 2.50. The maximum absolute atomic E-state index is 12.7. The summed E-state index contributed by atoms with van der Waals surface area (Å²) in [6.45, 7) is 2.26. The number of aryl methyl sites for hydroxylation is 1. The highest BCUT2D eigenvalue weighted by molar-refractivity contribution is 8.14. The van der Waals surface area contributed by atoms with Gasteiger partial charge in [-0.1, -0.05) is 49.9 Å². The molecule has 24 nitrogen and oxygen atoms in total. The molecule has 0 bridgehead atoms. The van der Waals surface area contributed by atoms with Crippen molar-refractivity contribution in [3.05, 3.63) is 48.0 Å². The molecule has 0 spiro atoms. The van der Waals surface area contributed by atoms with E-state index in [0.717, 1.165) is 34.5 Å². The van der Waals surface area contributed by atoms with E-state index in [4.69, 9.17) is 19.5 Å². The minimum atomic E-state index is -5.57. The standard InChI is InChI=1S/C29H42N7O17P3S/c1-16-6-4-5-7-17(16)28(41)57-11-10-31-19(37)8-9-32-26(40)23(39)29(2,3)13-50-56(47,48)53-55(45,46)49-12-18-22(52-54(42,43)44)21(38)27(51-18)36-15-35-20-24(30)33-14-34-25(20)36/h4-7,14-15,18,21-23,27,38-39H,8-13H2,1-3H3,(H,31,37)(H,32,40)(H,45,46)(H,47,48)(H2,30,33,34)(H2,42,43,44)/t18-,21-,22-,23+,27-/m1/s1. The molecule has 1 aliphatic rings. The molecule has 57 heavy (non-hydrogen) atoms. The molecular formula is C29H42N7O17P3S. The van der Waals surface area contributed by atoms with E-state index in [1.807, 2.05) is 19.1 Å². The minimum absolute atomic E-state index is 0.0292. The van der Waals surface area contributed by atoms with Gasteiger partial charge in [0, 0.05) is 36.2 Å². The quantitative estimate of drug-likeness (QED) is 0.0543.